The molecule has 0 bridgehead atoms. The van der Waals surface area contributed by atoms with E-state index in [0.717, 1.165) is 6.07 Å². The summed E-state index contributed by atoms with van der Waals surface area (Å²) >= 11 is 0. The van der Waals surface area contributed by atoms with Gasteiger partial charge >= 0.3 is 18.2 Å². The Labute approximate surface area is 257 Å². The number of alkyl halides is 3. The summed E-state index contributed by atoms with van der Waals surface area (Å²) in [5.74, 6) is -4.84. The third-order valence-corrected chi connectivity index (χ3v) is 5.75. The van der Waals surface area contributed by atoms with Gasteiger partial charge in [0.15, 0.2) is 11.6 Å². The van der Waals surface area contributed by atoms with E-state index in [1.54, 1.807) is 24.3 Å². The van der Waals surface area contributed by atoms with E-state index >= 15 is 0 Å². The molecule has 7 N–H and O–H groups in total. The molecule has 240 valence electrons. The number of rotatable bonds is 8. The Morgan fingerprint density at radius 1 is 0.848 bits per heavy atom. The maximum atomic E-state index is 14.9. The largest absolute Gasteiger partial charge is 0.490 e. The quantitative estimate of drug-likeness (QED) is 0.167. The monoisotopic (exact) mass is 645 g/mol. The second-order valence-electron chi connectivity index (χ2n) is 9.27. The molecule has 0 aliphatic carbocycles. The lowest BCUT2D eigenvalue weighted by Gasteiger charge is -2.14. The van der Waals surface area contributed by atoms with E-state index in [1.165, 1.54) is 48.7 Å². The van der Waals surface area contributed by atoms with Gasteiger partial charge < -0.3 is 26.6 Å². The smallest absolute Gasteiger partial charge is 0.475 e. The molecule has 3 aromatic carbocycles. The number of aromatic nitrogens is 1. The number of carboxylic acid groups (broad SMARTS) is 1. The van der Waals surface area contributed by atoms with Crippen molar-refractivity contribution in [2.24, 2.45) is 5.73 Å². The number of carbonyl (C=O) groups is 4. The van der Waals surface area contributed by atoms with Gasteiger partial charge in [-0.25, -0.2) is 23.4 Å². The molecule has 46 heavy (non-hydrogen) atoms. The van der Waals surface area contributed by atoms with Gasteiger partial charge in [-0.2, -0.15) is 13.2 Å². The number of carboxylic acids is 1. The number of carbonyl (C=O) groups excluding carboxylic acids is 3. The molecule has 0 atom stereocenters. The van der Waals surface area contributed by atoms with Crippen molar-refractivity contribution in [2.75, 3.05) is 11.1 Å². The molecule has 0 spiro atoms. The summed E-state index contributed by atoms with van der Waals surface area (Å²) < 4.78 is 65.4. The molecular formula is C30H24F5N5O6. The van der Waals surface area contributed by atoms with Crippen LogP contribution in [0.4, 0.5) is 38.3 Å². The minimum absolute atomic E-state index is 0.0754. The molecular weight excluding hydrogens is 621 g/mol. The minimum atomic E-state index is -5.08. The van der Waals surface area contributed by atoms with Crippen LogP contribution in [-0.4, -0.2) is 40.1 Å². The van der Waals surface area contributed by atoms with Crippen molar-refractivity contribution in [3.63, 3.8) is 0 Å². The summed E-state index contributed by atoms with van der Waals surface area (Å²) in [6.45, 7) is 0. The average molecular weight is 646 g/mol. The van der Waals surface area contributed by atoms with Gasteiger partial charge in [0.05, 0.1) is 18.4 Å². The van der Waals surface area contributed by atoms with Gasteiger partial charge in [-0.05, 0) is 47.0 Å². The van der Waals surface area contributed by atoms with Gasteiger partial charge in [0, 0.05) is 18.0 Å². The molecule has 0 fully saturated rings. The highest BCUT2D eigenvalue weighted by molar-refractivity contribution is 6.01. The molecule has 0 unspecified atom stereocenters. The molecule has 1 aromatic heterocycles. The van der Waals surface area contributed by atoms with Gasteiger partial charge in [0.1, 0.15) is 17.4 Å². The molecule has 0 aliphatic heterocycles. The first-order valence-electron chi connectivity index (χ1n) is 12.9. The summed E-state index contributed by atoms with van der Waals surface area (Å²) in [7, 11) is 0. The molecule has 1 heterocycles. The SMILES string of the molecule is NC(=O)Cc1ccc(-c2c(Oc3ccc(NC(=O)NC(=O)Cc4ccc(F)cc4)cc3F)ccnc2N)cc1.O=C(O)C(F)(F)F. The van der Waals surface area contributed by atoms with Crippen LogP contribution in [0.1, 0.15) is 11.1 Å². The Kier molecular flexibility index (Phi) is 11.3. The van der Waals surface area contributed by atoms with Crippen molar-refractivity contribution in [3.8, 4) is 22.6 Å². The number of ether oxygens (including phenoxy) is 1. The van der Waals surface area contributed by atoms with Crippen LogP contribution in [-0.2, 0) is 27.2 Å². The number of hydrogen-bond acceptors (Lipinski definition) is 7. The highest BCUT2D eigenvalue weighted by Gasteiger charge is 2.38. The van der Waals surface area contributed by atoms with Crippen LogP contribution >= 0.6 is 0 Å². The van der Waals surface area contributed by atoms with Crippen molar-refractivity contribution in [1.29, 1.82) is 0 Å². The predicted molar refractivity (Wildman–Crippen MR) is 154 cm³/mol. The Morgan fingerprint density at radius 3 is 2.00 bits per heavy atom. The van der Waals surface area contributed by atoms with Gasteiger partial charge in [-0.3, -0.25) is 14.9 Å². The third kappa shape index (κ3) is 10.3. The van der Waals surface area contributed by atoms with Gasteiger partial charge in [0.2, 0.25) is 11.8 Å². The van der Waals surface area contributed by atoms with E-state index in [9.17, 15) is 36.3 Å². The average Bonchev–Trinajstić information content (AvgIpc) is 2.96. The number of pyridine rings is 1. The molecule has 0 saturated heterocycles. The lowest BCUT2D eigenvalue weighted by Crippen LogP contribution is -2.35. The number of imide groups is 1. The Hall–Kier alpha value is -6.06. The highest BCUT2D eigenvalue weighted by atomic mass is 19.4. The first-order chi connectivity index (χ1) is 21.6. The fraction of sp³-hybridized carbons (Fsp3) is 0.100. The number of hydrogen-bond donors (Lipinski definition) is 5. The summed E-state index contributed by atoms with van der Waals surface area (Å²) in [5, 5.41) is 11.6. The molecule has 4 aromatic rings. The highest BCUT2D eigenvalue weighted by Crippen LogP contribution is 2.37. The van der Waals surface area contributed by atoms with E-state index in [4.69, 9.17) is 26.1 Å². The number of amides is 4. The number of aliphatic carboxylic acids is 1. The Bertz CT molecular complexity index is 1730. The van der Waals surface area contributed by atoms with Crippen molar-refractivity contribution in [3.05, 3.63) is 102 Å². The summed E-state index contributed by atoms with van der Waals surface area (Å²) in [5.41, 5.74) is 13.7. The first kappa shape index (κ1) is 34.4. The van der Waals surface area contributed by atoms with Gasteiger partial charge in [0.25, 0.3) is 0 Å². The standard InChI is InChI=1S/C28H23F2N5O4.C2HF3O2/c29-19-7-3-17(4-8-19)14-25(37)35-28(38)34-20-9-10-22(21(30)15-20)39-23-11-12-33-27(32)26(23)18-5-1-16(2-6-18)13-24(31)36;3-2(4,5)1(6)7/h1-12,15H,13-14H2,(H2,31,36)(H2,32,33)(H2,34,35,37,38);(H,6,7). The van der Waals surface area contributed by atoms with Crippen molar-refractivity contribution < 1.29 is 51.0 Å². The van der Waals surface area contributed by atoms with Crippen LogP contribution in [0.2, 0.25) is 0 Å². The van der Waals surface area contributed by atoms with Crippen LogP contribution in [0.5, 0.6) is 11.5 Å². The number of anilines is 2. The number of nitrogens with one attached hydrogen (secondary N) is 2. The van der Waals surface area contributed by atoms with E-state index < -0.39 is 41.6 Å². The van der Waals surface area contributed by atoms with E-state index in [-0.39, 0.29) is 35.8 Å². The number of nitrogens with two attached hydrogens (primary N) is 2. The zero-order valence-electron chi connectivity index (χ0n) is 23.4. The number of halogens is 5. The second-order valence-corrected chi connectivity index (χ2v) is 9.27. The number of primary amides is 1. The fourth-order valence-electron chi connectivity index (χ4n) is 3.73. The lowest BCUT2D eigenvalue weighted by molar-refractivity contribution is -0.192. The molecule has 4 amide bonds. The van der Waals surface area contributed by atoms with Gasteiger partial charge in [-0.15, -0.1) is 0 Å². The third-order valence-electron chi connectivity index (χ3n) is 5.75. The first-order valence-corrected chi connectivity index (χ1v) is 12.9. The van der Waals surface area contributed by atoms with Crippen molar-refractivity contribution >= 4 is 35.3 Å². The van der Waals surface area contributed by atoms with Crippen LogP contribution in [0, 0.1) is 11.6 Å². The number of nitrogen functional groups attached to an aromatic ring is 1. The second kappa shape index (κ2) is 15.1. The topological polar surface area (TPSA) is 187 Å². The molecule has 0 aliphatic rings. The molecule has 0 saturated carbocycles. The maximum absolute atomic E-state index is 14.9. The molecule has 0 radical (unpaired) electrons. The minimum Gasteiger partial charge on any atom is -0.475 e. The van der Waals surface area contributed by atoms with Gasteiger partial charge in [-0.1, -0.05) is 36.4 Å². The van der Waals surface area contributed by atoms with E-state index in [2.05, 4.69) is 15.6 Å². The lowest BCUT2D eigenvalue weighted by atomic mass is 10.0. The summed E-state index contributed by atoms with van der Waals surface area (Å²) in [6.07, 6.45) is -3.73. The van der Waals surface area contributed by atoms with Crippen LogP contribution in [0.3, 0.4) is 0 Å². The summed E-state index contributed by atoms with van der Waals surface area (Å²) in [4.78, 5) is 48.4. The zero-order valence-corrected chi connectivity index (χ0v) is 23.4. The molecule has 11 nitrogen and oxygen atoms in total. The number of benzene rings is 3. The van der Waals surface area contributed by atoms with E-state index in [0.29, 0.717) is 22.3 Å². The van der Waals surface area contributed by atoms with E-state index in [1.807, 2.05) is 0 Å². The van der Waals surface area contributed by atoms with Crippen molar-refractivity contribution in [1.82, 2.24) is 10.3 Å². The van der Waals surface area contributed by atoms with Crippen LogP contribution in [0.15, 0.2) is 79.0 Å². The predicted octanol–water partition coefficient (Wildman–Crippen LogP) is 4.95. The maximum Gasteiger partial charge on any atom is 0.490 e. The number of urea groups is 1. The van der Waals surface area contributed by atoms with Crippen LogP contribution < -0.4 is 26.8 Å². The Balaban J connectivity index is 0.000000738. The zero-order chi connectivity index (χ0) is 34.0. The normalized spacial score (nSPS) is 10.6. The fourth-order valence-corrected chi connectivity index (χ4v) is 3.73. The molecule has 16 heteroatoms. The number of nitrogens with zero attached hydrogens (tertiary/aromatic N) is 1. The Morgan fingerprint density at radius 2 is 1.43 bits per heavy atom. The van der Waals surface area contributed by atoms with Crippen molar-refractivity contribution in [2.45, 2.75) is 19.0 Å². The van der Waals surface area contributed by atoms with Crippen LogP contribution in [0.25, 0.3) is 11.1 Å². The summed E-state index contributed by atoms with van der Waals surface area (Å²) in [6, 6.07) is 16.5. The molecule has 4 rings (SSSR count).